The van der Waals surface area contributed by atoms with E-state index in [0.717, 1.165) is 0 Å². The van der Waals surface area contributed by atoms with E-state index in [1.807, 2.05) is 18.2 Å². The third-order valence-corrected chi connectivity index (χ3v) is 3.69. The van der Waals surface area contributed by atoms with E-state index in [2.05, 4.69) is 20.6 Å². The van der Waals surface area contributed by atoms with Gasteiger partial charge in [-0.15, -0.1) is 0 Å². The maximum atomic E-state index is 12.6. The van der Waals surface area contributed by atoms with E-state index >= 15 is 0 Å². The summed E-state index contributed by atoms with van der Waals surface area (Å²) in [5.41, 5.74) is 1.11. The van der Waals surface area contributed by atoms with Gasteiger partial charge in [-0.25, -0.2) is 9.97 Å². The minimum atomic E-state index is -0.774. The largest absolute Gasteiger partial charge is 0.357 e. The second-order valence-corrected chi connectivity index (χ2v) is 5.30. The number of benzene rings is 1. The lowest BCUT2D eigenvalue weighted by atomic mass is 10.1. The summed E-state index contributed by atoms with van der Waals surface area (Å²) < 4.78 is 1.70. The Morgan fingerprint density at radius 3 is 2.60 bits per heavy atom. The van der Waals surface area contributed by atoms with Crippen LogP contribution in [0.5, 0.6) is 0 Å². The smallest absolute Gasteiger partial charge is 0.252 e. The molecule has 25 heavy (non-hydrogen) atoms. The molecular weight excluding hydrogens is 318 g/mol. The fourth-order valence-electron chi connectivity index (χ4n) is 2.40. The van der Waals surface area contributed by atoms with Gasteiger partial charge >= 0.3 is 0 Å². The van der Waals surface area contributed by atoms with Gasteiger partial charge in [0.1, 0.15) is 18.2 Å². The number of aromatic nitrogens is 3. The van der Waals surface area contributed by atoms with Crippen molar-refractivity contribution in [3.63, 3.8) is 0 Å². The Bertz CT molecular complexity index is 862. The van der Waals surface area contributed by atoms with Crippen LogP contribution in [0.15, 0.2) is 67.4 Å². The molecule has 0 saturated carbocycles. The summed E-state index contributed by atoms with van der Waals surface area (Å²) in [4.78, 5) is 33.0. The number of hydrogen-bond donors (Lipinski definition) is 2. The van der Waals surface area contributed by atoms with Crippen LogP contribution in [0.1, 0.15) is 22.0 Å². The van der Waals surface area contributed by atoms with Crippen LogP contribution in [-0.2, 0) is 4.79 Å². The fraction of sp³-hybridized carbons (Fsp3) is 0.111. The summed E-state index contributed by atoms with van der Waals surface area (Å²) in [5.74, 6) is -0.0778. The topological polar surface area (TPSA) is 88.9 Å². The number of hydrogen-bond acceptors (Lipinski definition) is 4. The number of amides is 2. The average Bonchev–Trinajstić information content (AvgIpc) is 3.21. The number of likely N-dealkylation sites (N-methyl/N-ethyl adjacent to an activating group) is 1. The monoisotopic (exact) mass is 335 g/mol. The molecule has 2 aromatic heterocycles. The van der Waals surface area contributed by atoms with Gasteiger partial charge in [0.15, 0.2) is 0 Å². The Hall–Kier alpha value is -3.48. The predicted molar refractivity (Wildman–Crippen MR) is 92.1 cm³/mol. The zero-order valence-electron chi connectivity index (χ0n) is 13.6. The van der Waals surface area contributed by atoms with E-state index in [4.69, 9.17) is 0 Å². The molecule has 7 nitrogen and oxygen atoms in total. The number of nitrogens with one attached hydrogen (secondary N) is 2. The lowest BCUT2D eigenvalue weighted by molar-refractivity contribution is -0.122. The quantitative estimate of drug-likeness (QED) is 0.739. The van der Waals surface area contributed by atoms with Crippen LogP contribution >= 0.6 is 0 Å². The Kier molecular flexibility index (Phi) is 4.84. The first kappa shape index (κ1) is 16.4. The first-order valence-corrected chi connectivity index (χ1v) is 7.71. The van der Waals surface area contributed by atoms with Crippen LogP contribution in [-0.4, -0.2) is 33.4 Å². The van der Waals surface area contributed by atoms with Crippen LogP contribution in [0, 0.1) is 0 Å². The first-order valence-electron chi connectivity index (χ1n) is 7.71. The van der Waals surface area contributed by atoms with Gasteiger partial charge in [0, 0.05) is 31.2 Å². The molecule has 7 heteroatoms. The van der Waals surface area contributed by atoms with Gasteiger partial charge in [0.25, 0.3) is 5.91 Å². The number of nitrogens with zero attached hydrogens (tertiary/aromatic N) is 3. The van der Waals surface area contributed by atoms with E-state index < -0.39 is 6.04 Å². The van der Waals surface area contributed by atoms with E-state index in [9.17, 15) is 9.59 Å². The van der Waals surface area contributed by atoms with Crippen molar-refractivity contribution in [2.45, 2.75) is 6.04 Å². The molecule has 1 unspecified atom stereocenters. The van der Waals surface area contributed by atoms with Gasteiger partial charge in [-0.05, 0) is 17.7 Å². The van der Waals surface area contributed by atoms with Crippen LogP contribution in [0.2, 0.25) is 0 Å². The maximum absolute atomic E-state index is 12.6. The molecule has 0 aliphatic rings. The summed E-state index contributed by atoms with van der Waals surface area (Å²) in [6.07, 6.45) is 6.51. The van der Waals surface area contributed by atoms with Crippen molar-refractivity contribution in [2.75, 3.05) is 7.05 Å². The molecule has 2 N–H and O–H groups in total. The van der Waals surface area contributed by atoms with Crippen molar-refractivity contribution in [1.82, 2.24) is 25.2 Å². The molecule has 1 atom stereocenters. The third kappa shape index (κ3) is 3.72. The van der Waals surface area contributed by atoms with Gasteiger partial charge in [-0.3, -0.25) is 14.2 Å². The minimum Gasteiger partial charge on any atom is -0.357 e. The van der Waals surface area contributed by atoms with Gasteiger partial charge in [-0.1, -0.05) is 30.3 Å². The standard InChI is InChI=1S/C18H17N5O2/c1-19-18(25)16(13-5-3-2-4-6-13)22-17(24)14-7-8-21-15(11-14)23-10-9-20-12-23/h2-12,16H,1H3,(H,19,25)(H,22,24). The summed E-state index contributed by atoms with van der Waals surface area (Å²) in [5, 5.41) is 5.34. The number of carbonyl (C=O) groups excluding carboxylic acids is 2. The summed E-state index contributed by atoms with van der Waals surface area (Å²) in [6, 6.07) is 11.6. The number of rotatable bonds is 5. The van der Waals surface area contributed by atoms with Crippen molar-refractivity contribution in [3.05, 3.63) is 78.5 Å². The maximum Gasteiger partial charge on any atom is 0.252 e. The first-order chi connectivity index (χ1) is 12.2. The molecule has 2 amide bonds. The molecular formula is C18H17N5O2. The highest BCUT2D eigenvalue weighted by molar-refractivity contribution is 5.98. The van der Waals surface area contributed by atoms with Gasteiger partial charge in [0.05, 0.1) is 0 Å². The summed E-state index contributed by atoms with van der Waals surface area (Å²) in [7, 11) is 1.54. The molecule has 1 aromatic carbocycles. The Labute approximate surface area is 144 Å². The van der Waals surface area contributed by atoms with Crippen LogP contribution in [0.4, 0.5) is 0 Å². The second-order valence-electron chi connectivity index (χ2n) is 5.30. The van der Waals surface area contributed by atoms with Gasteiger partial charge < -0.3 is 10.6 Å². The molecule has 0 bridgehead atoms. The van der Waals surface area contributed by atoms with Crippen molar-refractivity contribution >= 4 is 11.8 Å². The van der Waals surface area contributed by atoms with Crippen molar-refractivity contribution in [1.29, 1.82) is 0 Å². The highest BCUT2D eigenvalue weighted by Gasteiger charge is 2.22. The average molecular weight is 335 g/mol. The van der Waals surface area contributed by atoms with Crippen molar-refractivity contribution in [2.24, 2.45) is 0 Å². The molecule has 126 valence electrons. The van der Waals surface area contributed by atoms with Gasteiger partial charge in [0.2, 0.25) is 5.91 Å². The normalized spacial score (nSPS) is 11.6. The van der Waals surface area contributed by atoms with Crippen LogP contribution in [0.25, 0.3) is 5.82 Å². The molecule has 0 spiro atoms. The zero-order valence-corrected chi connectivity index (χ0v) is 13.6. The lowest BCUT2D eigenvalue weighted by Gasteiger charge is -2.18. The molecule has 3 aromatic rings. The number of pyridine rings is 1. The van der Waals surface area contributed by atoms with Crippen LogP contribution < -0.4 is 10.6 Å². The SMILES string of the molecule is CNC(=O)C(NC(=O)c1ccnc(-n2ccnc2)c1)c1ccccc1. The van der Waals surface area contributed by atoms with Gasteiger partial charge in [-0.2, -0.15) is 0 Å². The molecule has 0 radical (unpaired) electrons. The van der Waals surface area contributed by atoms with E-state index in [0.29, 0.717) is 16.9 Å². The van der Waals surface area contributed by atoms with Crippen LogP contribution in [0.3, 0.4) is 0 Å². The highest BCUT2D eigenvalue weighted by atomic mass is 16.2. The molecule has 2 heterocycles. The number of imidazole rings is 1. The Balaban J connectivity index is 1.85. The number of carbonyl (C=O) groups is 2. The fourth-order valence-corrected chi connectivity index (χ4v) is 2.40. The summed E-state index contributed by atoms with van der Waals surface area (Å²) >= 11 is 0. The second kappa shape index (κ2) is 7.39. The molecule has 0 saturated heterocycles. The van der Waals surface area contributed by atoms with E-state index in [1.165, 1.54) is 7.05 Å². The Morgan fingerprint density at radius 2 is 1.92 bits per heavy atom. The summed E-state index contributed by atoms with van der Waals surface area (Å²) in [6.45, 7) is 0. The molecule has 0 aliphatic carbocycles. The lowest BCUT2D eigenvalue weighted by Crippen LogP contribution is -2.39. The highest BCUT2D eigenvalue weighted by Crippen LogP contribution is 2.14. The van der Waals surface area contributed by atoms with Crippen molar-refractivity contribution < 1.29 is 9.59 Å². The predicted octanol–water partition coefficient (Wildman–Crippen LogP) is 1.48. The van der Waals surface area contributed by atoms with E-state index in [-0.39, 0.29) is 11.8 Å². The molecule has 0 aliphatic heterocycles. The molecule has 3 rings (SSSR count). The van der Waals surface area contributed by atoms with E-state index in [1.54, 1.807) is 53.8 Å². The zero-order chi connectivity index (χ0) is 17.6. The Morgan fingerprint density at radius 1 is 1.12 bits per heavy atom. The molecule has 0 fully saturated rings. The minimum absolute atomic E-state index is 0.288. The third-order valence-electron chi connectivity index (χ3n) is 3.69. The van der Waals surface area contributed by atoms with Crippen molar-refractivity contribution in [3.8, 4) is 5.82 Å².